The van der Waals surface area contributed by atoms with E-state index in [1.165, 1.54) is 32.4 Å². The number of amides is 1. The Balaban J connectivity index is 1.98. The summed E-state index contributed by atoms with van der Waals surface area (Å²) >= 11 is 0. The molecule has 1 N–H and O–H groups in total. The Bertz CT molecular complexity index is 1230. The molecule has 34 heavy (non-hydrogen) atoms. The van der Waals surface area contributed by atoms with Gasteiger partial charge in [-0.1, -0.05) is 24.3 Å². The second-order valence-electron chi connectivity index (χ2n) is 7.61. The van der Waals surface area contributed by atoms with E-state index in [9.17, 15) is 13.2 Å². The molecule has 0 bridgehead atoms. The number of nitrogens with zero attached hydrogens (tertiary/aromatic N) is 1. The van der Waals surface area contributed by atoms with Crippen LogP contribution >= 0.6 is 0 Å². The first kappa shape index (κ1) is 24.9. The Kier molecular flexibility index (Phi) is 8.01. The molecule has 0 aliphatic carbocycles. The van der Waals surface area contributed by atoms with Gasteiger partial charge in [0.05, 0.1) is 30.9 Å². The van der Waals surface area contributed by atoms with E-state index in [4.69, 9.17) is 14.2 Å². The Hall–Kier alpha value is -3.72. The van der Waals surface area contributed by atoms with Crippen molar-refractivity contribution >= 4 is 27.3 Å². The number of benzene rings is 3. The summed E-state index contributed by atoms with van der Waals surface area (Å²) in [7, 11) is -1.21. The van der Waals surface area contributed by atoms with Gasteiger partial charge in [0.25, 0.3) is 10.0 Å². The number of hydrogen-bond acceptors (Lipinski definition) is 6. The number of rotatable bonds is 10. The third kappa shape index (κ3) is 5.99. The molecule has 0 atom stereocenters. The lowest BCUT2D eigenvalue weighted by molar-refractivity contribution is -0.114. The van der Waals surface area contributed by atoms with E-state index >= 15 is 0 Å². The lowest BCUT2D eigenvalue weighted by Gasteiger charge is -2.26. The van der Waals surface area contributed by atoms with Crippen LogP contribution in [0.15, 0.2) is 77.7 Å². The smallest absolute Gasteiger partial charge is 0.264 e. The molecule has 0 aromatic heterocycles. The zero-order valence-electron chi connectivity index (χ0n) is 19.5. The number of nitrogens with one attached hydrogen (secondary N) is 1. The molecular formula is C25H28N2O6S. The molecule has 3 aromatic rings. The number of hydrogen-bond donors (Lipinski definition) is 1. The quantitative estimate of drug-likeness (QED) is 0.461. The monoisotopic (exact) mass is 484 g/mol. The van der Waals surface area contributed by atoms with Gasteiger partial charge >= 0.3 is 0 Å². The van der Waals surface area contributed by atoms with E-state index in [-0.39, 0.29) is 22.4 Å². The average molecular weight is 485 g/mol. The highest BCUT2D eigenvalue weighted by Crippen LogP contribution is 2.35. The van der Waals surface area contributed by atoms with Crippen molar-refractivity contribution < 1.29 is 27.4 Å². The molecular weight excluding hydrogens is 456 g/mol. The van der Waals surface area contributed by atoms with Crippen molar-refractivity contribution in [3.63, 3.8) is 0 Å². The van der Waals surface area contributed by atoms with Crippen LogP contribution in [0.5, 0.6) is 17.2 Å². The normalized spacial score (nSPS) is 11.1. The highest BCUT2D eigenvalue weighted by molar-refractivity contribution is 7.92. The summed E-state index contributed by atoms with van der Waals surface area (Å²) in [6.45, 7) is 3.31. The minimum atomic E-state index is -4.11. The first-order chi connectivity index (χ1) is 16.2. The standard InChI is InChI=1S/C25H28N2O6S/c1-18(2)33-21-10-8-9-19(15-21)26-25(28)17-27(34(29,30)22-11-6-5-7-12-22)23-16-20(31-3)13-14-24(23)32-4/h5-16,18H,17H2,1-4H3,(H,26,28). The fourth-order valence-electron chi connectivity index (χ4n) is 3.26. The SMILES string of the molecule is COc1ccc(OC)c(N(CC(=O)Nc2cccc(OC(C)C)c2)S(=O)(=O)c2ccccc2)c1. The summed E-state index contributed by atoms with van der Waals surface area (Å²) < 4.78 is 44.5. The number of methoxy groups -OCH3 is 2. The minimum absolute atomic E-state index is 0.0296. The Morgan fingerprint density at radius 1 is 0.912 bits per heavy atom. The topological polar surface area (TPSA) is 94.2 Å². The van der Waals surface area contributed by atoms with Crippen molar-refractivity contribution in [3.8, 4) is 17.2 Å². The highest BCUT2D eigenvalue weighted by atomic mass is 32.2. The molecule has 8 nitrogen and oxygen atoms in total. The molecule has 1 amide bonds. The van der Waals surface area contributed by atoms with Crippen LogP contribution in [0.1, 0.15) is 13.8 Å². The third-order valence-electron chi connectivity index (χ3n) is 4.76. The predicted octanol–water partition coefficient (Wildman–Crippen LogP) is 4.33. The van der Waals surface area contributed by atoms with E-state index in [2.05, 4.69) is 5.32 Å². The maximum atomic E-state index is 13.6. The van der Waals surface area contributed by atoms with Gasteiger partial charge in [0.2, 0.25) is 5.91 Å². The van der Waals surface area contributed by atoms with E-state index in [0.717, 1.165) is 4.31 Å². The second kappa shape index (κ2) is 10.9. The van der Waals surface area contributed by atoms with Gasteiger partial charge in [-0.15, -0.1) is 0 Å². The fourth-order valence-corrected chi connectivity index (χ4v) is 4.71. The maximum Gasteiger partial charge on any atom is 0.264 e. The van der Waals surface area contributed by atoms with Crippen LogP contribution < -0.4 is 23.8 Å². The van der Waals surface area contributed by atoms with Crippen LogP contribution in [0.25, 0.3) is 0 Å². The van der Waals surface area contributed by atoms with Crippen LogP contribution in [0.2, 0.25) is 0 Å². The van der Waals surface area contributed by atoms with E-state index in [1.54, 1.807) is 54.6 Å². The molecule has 3 rings (SSSR count). The van der Waals surface area contributed by atoms with Crippen molar-refractivity contribution in [1.29, 1.82) is 0 Å². The summed E-state index contributed by atoms with van der Waals surface area (Å²) in [5.74, 6) is 0.755. The highest BCUT2D eigenvalue weighted by Gasteiger charge is 2.30. The fraction of sp³-hybridized carbons (Fsp3) is 0.240. The van der Waals surface area contributed by atoms with Crippen LogP contribution in [0, 0.1) is 0 Å². The summed E-state index contributed by atoms with van der Waals surface area (Å²) in [6, 6.07) is 19.6. The molecule has 0 unspecified atom stereocenters. The van der Waals surface area contributed by atoms with Gasteiger partial charge in [0.15, 0.2) is 0 Å². The first-order valence-corrected chi connectivity index (χ1v) is 12.0. The molecule has 9 heteroatoms. The van der Waals surface area contributed by atoms with E-state index in [0.29, 0.717) is 17.2 Å². The van der Waals surface area contributed by atoms with Crippen molar-refractivity contribution in [2.75, 3.05) is 30.4 Å². The van der Waals surface area contributed by atoms with Crippen LogP contribution in [0.4, 0.5) is 11.4 Å². The van der Waals surface area contributed by atoms with E-state index in [1.807, 2.05) is 13.8 Å². The number of ether oxygens (including phenoxy) is 3. The Morgan fingerprint density at radius 2 is 1.65 bits per heavy atom. The molecule has 180 valence electrons. The van der Waals surface area contributed by atoms with Crippen molar-refractivity contribution in [2.45, 2.75) is 24.8 Å². The zero-order chi connectivity index (χ0) is 24.7. The van der Waals surface area contributed by atoms with Gasteiger partial charge in [-0.25, -0.2) is 8.42 Å². The molecule has 0 spiro atoms. The van der Waals surface area contributed by atoms with Gasteiger partial charge in [0.1, 0.15) is 23.8 Å². The molecule has 3 aromatic carbocycles. The largest absolute Gasteiger partial charge is 0.497 e. The summed E-state index contributed by atoms with van der Waals surface area (Å²) in [4.78, 5) is 13.1. The lowest BCUT2D eigenvalue weighted by Crippen LogP contribution is -2.38. The summed E-state index contributed by atoms with van der Waals surface area (Å²) in [6.07, 6.45) is -0.0296. The molecule has 0 fully saturated rings. The molecule has 0 radical (unpaired) electrons. The van der Waals surface area contributed by atoms with Crippen molar-refractivity contribution in [2.24, 2.45) is 0 Å². The molecule has 0 saturated carbocycles. The van der Waals surface area contributed by atoms with Gasteiger partial charge in [-0.2, -0.15) is 0 Å². The van der Waals surface area contributed by atoms with Crippen molar-refractivity contribution in [1.82, 2.24) is 0 Å². The van der Waals surface area contributed by atoms with Gasteiger partial charge in [-0.05, 0) is 50.2 Å². The summed E-state index contributed by atoms with van der Waals surface area (Å²) in [5, 5.41) is 2.75. The average Bonchev–Trinajstić information content (AvgIpc) is 2.82. The van der Waals surface area contributed by atoms with Gasteiger partial charge in [0, 0.05) is 17.8 Å². The Morgan fingerprint density at radius 3 is 2.29 bits per heavy atom. The summed E-state index contributed by atoms with van der Waals surface area (Å²) in [5.41, 5.74) is 0.663. The number of carbonyl (C=O) groups is 1. The predicted molar refractivity (Wildman–Crippen MR) is 131 cm³/mol. The van der Waals surface area contributed by atoms with E-state index < -0.39 is 22.5 Å². The van der Waals surface area contributed by atoms with Crippen LogP contribution in [-0.2, 0) is 14.8 Å². The zero-order valence-corrected chi connectivity index (χ0v) is 20.3. The molecule has 0 saturated heterocycles. The first-order valence-electron chi connectivity index (χ1n) is 10.6. The van der Waals surface area contributed by atoms with Crippen LogP contribution in [-0.4, -0.2) is 41.2 Å². The van der Waals surface area contributed by atoms with Crippen LogP contribution in [0.3, 0.4) is 0 Å². The molecule has 0 aliphatic rings. The van der Waals surface area contributed by atoms with Crippen molar-refractivity contribution in [3.05, 3.63) is 72.8 Å². The van der Waals surface area contributed by atoms with Gasteiger partial charge < -0.3 is 19.5 Å². The maximum absolute atomic E-state index is 13.6. The molecule has 0 aliphatic heterocycles. The third-order valence-corrected chi connectivity index (χ3v) is 6.54. The van der Waals surface area contributed by atoms with Gasteiger partial charge in [-0.3, -0.25) is 9.10 Å². The number of sulfonamides is 1. The molecule has 0 heterocycles. The second-order valence-corrected chi connectivity index (χ2v) is 9.47. The minimum Gasteiger partial charge on any atom is -0.497 e. The number of carbonyl (C=O) groups excluding carboxylic acids is 1. The Labute approximate surface area is 200 Å². The number of anilines is 2. The lowest BCUT2D eigenvalue weighted by atomic mass is 10.2.